The molecule has 0 radical (unpaired) electrons. The van der Waals surface area contributed by atoms with Gasteiger partial charge in [-0.2, -0.15) is 0 Å². The molecule has 17 heavy (non-hydrogen) atoms. The lowest BCUT2D eigenvalue weighted by molar-refractivity contribution is -0.144. The van der Waals surface area contributed by atoms with Crippen LogP contribution in [0.25, 0.3) is 0 Å². The van der Waals surface area contributed by atoms with Gasteiger partial charge in [-0.05, 0) is 12.8 Å². The molecule has 1 aliphatic carbocycles. The molecule has 0 spiro atoms. The third kappa shape index (κ3) is 6.09. The SMILES string of the molecule is COC(=O)C(C)CN=C(N)NC1CCCC1.I. The molecule has 5 nitrogen and oxygen atoms in total. The summed E-state index contributed by atoms with van der Waals surface area (Å²) in [5.74, 6) is -0.0611. The lowest BCUT2D eigenvalue weighted by Gasteiger charge is -2.13. The number of ether oxygens (including phenoxy) is 1. The van der Waals surface area contributed by atoms with Crippen molar-refractivity contribution in [2.45, 2.75) is 38.6 Å². The van der Waals surface area contributed by atoms with Crippen molar-refractivity contribution in [3.05, 3.63) is 0 Å². The van der Waals surface area contributed by atoms with Crippen molar-refractivity contribution in [1.29, 1.82) is 0 Å². The molecule has 3 N–H and O–H groups in total. The highest BCUT2D eigenvalue weighted by molar-refractivity contribution is 14.0. The van der Waals surface area contributed by atoms with Crippen molar-refractivity contribution in [1.82, 2.24) is 5.32 Å². The first kappa shape index (κ1) is 16.5. The molecule has 1 unspecified atom stereocenters. The Morgan fingerprint density at radius 2 is 2.12 bits per heavy atom. The van der Waals surface area contributed by atoms with Gasteiger partial charge in [0.25, 0.3) is 0 Å². The van der Waals surface area contributed by atoms with Crippen molar-refractivity contribution < 1.29 is 9.53 Å². The Bertz CT molecular complexity index is 265. The number of hydrogen-bond donors (Lipinski definition) is 2. The maximum absolute atomic E-state index is 11.1. The molecular weight excluding hydrogens is 333 g/mol. The fourth-order valence-electron chi connectivity index (χ4n) is 1.84. The Morgan fingerprint density at radius 3 is 2.65 bits per heavy atom. The van der Waals surface area contributed by atoms with Gasteiger partial charge >= 0.3 is 5.97 Å². The predicted octanol–water partition coefficient (Wildman–Crippen LogP) is 1.26. The summed E-state index contributed by atoms with van der Waals surface area (Å²) in [4.78, 5) is 15.3. The molecular formula is C11H22IN3O2. The average molecular weight is 355 g/mol. The summed E-state index contributed by atoms with van der Waals surface area (Å²) in [6, 6.07) is 0.456. The summed E-state index contributed by atoms with van der Waals surface area (Å²) >= 11 is 0. The van der Waals surface area contributed by atoms with E-state index in [-0.39, 0.29) is 35.9 Å². The van der Waals surface area contributed by atoms with Gasteiger partial charge in [0.1, 0.15) is 0 Å². The predicted molar refractivity (Wildman–Crippen MR) is 78.5 cm³/mol. The van der Waals surface area contributed by atoms with Crippen LogP contribution in [0.1, 0.15) is 32.6 Å². The minimum atomic E-state index is -0.252. The van der Waals surface area contributed by atoms with E-state index < -0.39 is 0 Å². The quantitative estimate of drug-likeness (QED) is 0.345. The van der Waals surface area contributed by atoms with Crippen molar-refractivity contribution in [2.24, 2.45) is 16.6 Å². The molecule has 0 bridgehead atoms. The van der Waals surface area contributed by atoms with Crippen molar-refractivity contribution in [2.75, 3.05) is 13.7 Å². The molecule has 0 aromatic carbocycles. The second-order valence-corrected chi connectivity index (χ2v) is 4.28. The third-order valence-corrected chi connectivity index (χ3v) is 2.85. The van der Waals surface area contributed by atoms with Crippen LogP contribution < -0.4 is 11.1 Å². The van der Waals surface area contributed by atoms with Crippen LogP contribution in [0.2, 0.25) is 0 Å². The first-order chi connectivity index (χ1) is 7.63. The van der Waals surface area contributed by atoms with E-state index in [1.54, 1.807) is 6.92 Å². The summed E-state index contributed by atoms with van der Waals surface area (Å²) in [7, 11) is 1.38. The van der Waals surface area contributed by atoms with E-state index in [4.69, 9.17) is 5.73 Å². The number of nitrogens with one attached hydrogen (secondary N) is 1. The normalized spacial score (nSPS) is 18.4. The van der Waals surface area contributed by atoms with Crippen LogP contribution in [0, 0.1) is 5.92 Å². The van der Waals surface area contributed by atoms with Gasteiger partial charge in [0.2, 0.25) is 0 Å². The molecule has 1 saturated carbocycles. The van der Waals surface area contributed by atoms with E-state index in [0.717, 1.165) is 12.8 Å². The van der Waals surface area contributed by atoms with E-state index in [9.17, 15) is 4.79 Å². The number of nitrogens with zero attached hydrogens (tertiary/aromatic N) is 1. The number of carbonyl (C=O) groups is 1. The van der Waals surface area contributed by atoms with Crippen LogP contribution in [-0.2, 0) is 9.53 Å². The summed E-state index contributed by atoms with van der Waals surface area (Å²) < 4.78 is 4.61. The van der Waals surface area contributed by atoms with Gasteiger partial charge in [-0.3, -0.25) is 9.79 Å². The second-order valence-electron chi connectivity index (χ2n) is 4.28. The van der Waals surface area contributed by atoms with Crippen LogP contribution in [0.5, 0.6) is 0 Å². The minimum Gasteiger partial charge on any atom is -0.469 e. The van der Waals surface area contributed by atoms with E-state index in [1.807, 2.05) is 0 Å². The Balaban J connectivity index is 0.00000256. The van der Waals surface area contributed by atoms with E-state index in [2.05, 4.69) is 15.0 Å². The number of esters is 1. The Kier molecular flexibility index (Phi) is 8.28. The average Bonchev–Trinajstić information content (AvgIpc) is 2.77. The molecule has 1 aliphatic rings. The summed E-state index contributed by atoms with van der Waals surface area (Å²) in [6.45, 7) is 2.15. The van der Waals surface area contributed by atoms with Crippen LogP contribution in [-0.4, -0.2) is 31.6 Å². The monoisotopic (exact) mass is 355 g/mol. The molecule has 0 amide bonds. The standard InChI is InChI=1S/C11H21N3O2.HI/c1-8(10(15)16-2)7-13-11(12)14-9-5-3-4-6-9;/h8-9H,3-7H2,1-2H3,(H3,12,13,14);1H. The maximum Gasteiger partial charge on any atom is 0.310 e. The largest absolute Gasteiger partial charge is 0.469 e. The highest BCUT2D eigenvalue weighted by Gasteiger charge is 2.16. The molecule has 0 aromatic rings. The lowest BCUT2D eigenvalue weighted by atomic mass is 10.2. The van der Waals surface area contributed by atoms with Gasteiger partial charge in [-0.25, -0.2) is 0 Å². The van der Waals surface area contributed by atoms with Crippen LogP contribution in [0.4, 0.5) is 0 Å². The lowest BCUT2D eigenvalue weighted by Crippen LogP contribution is -2.39. The van der Waals surface area contributed by atoms with E-state index in [1.165, 1.54) is 20.0 Å². The topological polar surface area (TPSA) is 76.7 Å². The Labute approximate surface area is 120 Å². The highest BCUT2D eigenvalue weighted by atomic mass is 127. The number of hydrogen-bond acceptors (Lipinski definition) is 3. The molecule has 100 valence electrons. The second kappa shape index (κ2) is 8.54. The molecule has 1 rings (SSSR count). The zero-order chi connectivity index (χ0) is 12.0. The van der Waals surface area contributed by atoms with Gasteiger partial charge in [-0.15, -0.1) is 24.0 Å². The number of nitrogens with two attached hydrogens (primary N) is 1. The summed E-state index contributed by atoms with van der Waals surface area (Å²) in [5, 5.41) is 3.17. The fourth-order valence-corrected chi connectivity index (χ4v) is 1.84. The molecule has 0 aliphatic heterocycles. The van der Waals surface area contributed by atoms with Gasteiger partial charge < -0.3 is 15.8 Å². The smallest absolute Gasteiger partial charge is 0.310 e. The van der Waals surface area contributed by atoms with Gasteiger partial charge in [0.15, 0.2) is 5.96 Å². The third-order valence-electron chi connectivity index (χ3n) is 2.85. The van der Waals surface area contributed by atoms with Gasteiger partial charge in [-0.1, -0.05) is 19.8 Å². The van der Waals surface area contributed by atoms with Crippen LogP contribution >= 0.6 is 24.0 Å². The molecule has 0 heterocycles. The number of halogens is 1. The van der Waals surface area contributed by atoms with Crippen molar-refractivity contribution in [3.63, 3.8) is 0 Å². The van der Waals surface area contributed by atoms with E-state index >= 15 is 0 Å². The molecule has 1 atom stereocenters. The van der Waals surface area contributed by atoms with Crippen LogP contribution in [0.3, 0.4) is 0 Å². The van der Waals surface area contributed by atoms with Gasteiger partial charge in [0, 0.05) is 6.04 Å². The van der Waals surface area contributed by atoms with Crippen LogP contribution in [0.15, 0.2) is 4.99 Å². The van der Waals surface area contributed by atoms with Crippen molar-refractivity contribution in [3.8, 4) is 0 Å². The Morgan fingerprint density at radius 1 is 1.53 bits per heavy atom. The first-order valence-corrected chi connectivity index (χ1v) is 5.77. The first-order valence-electron chi connectivity index (χ1n) is 5.77. The Hall–Kier alpha value is -0.530. The number of methoxy groups -OCH3 is 1. The van der Waals surface area contributed by atoms with Crippen molar-refractivity contribution >= 4 is 35.9 Å². The zero-order valence-electron chi connectivity index (χ0n) is 10.4. The summed E-state index contributed by atoms with van der Waals surface area (Å²) in [6.07, 6.45) is 4.82. The highest BCUT2D eigenvalue weighted by Crippen LogP contribution is 2.17. The maximum atomic E-state index is 11.1. The molecule has 0 aromatic heterocycles. The molecule has 0 saturated heterocycles. The number of rotatable bonds is 4. The molecule has 1 fully saturated rings. The summed E-state index contributed by atoms with van der Waals surface area (Å²) in [5.41, 5.74) is 5.73. The zero-order valence-corrected chi connectivity index (χ0v) is 12.8. The fraction of sp³-hybridized carbons (Fsp3) is 0.818. The number of carbonyl (C=O) groups excluding carboxylic acids is 1. The number of aliphatic imine (C=N–C) groups is 1. The minimum absolute atomic E-state index is 0. The van der Waals surface area contributed by atoms with E-state index in [0.29, 0.717) is 18.5 Å². The number of guanidine groups is 1. The molecule has 6 heteroatoms. The van der Waals surface area contributed by atoms with Gasteiger partial charge in [0.05, 0.1) is 19.6 Å².